The first-order valence-electron chi connectivity index (χ1n) is 4.57. The number of carbonyl (C=O) groups is 1. The van der Waals surface area contributed by atoms with E-state index in [-0.39, 0.29) is 5.91 Å². The average Bonchev–Trinajstić information content (AvgIpc) is 2.18. The van der Waals surface area contributed by atoms with E-state index in [1.54, 1.807) is 24.3 Å². The highest BCUT2D eigenvalue weighted by Crippen LogP contribution is 2.14. The quantitative estimate of drug-likeness (QED) is 0.632. The highest BCUT2D eigenvalue weighted by Gasteiger charge is 1.97. The first kappa shape index (κ1) is 11.6. The highest BCUT2D eigenvalue weighted by atomic mass is 35.5. The van der Waals surface area contributed by atoms with Crippen molar-refractivity contribution in [2.24, 2.45) is 0 Å². The average molecular weight is 226 g/mol. The predicted octanol–water partition coefficient (Wildman–Crippen LogP) is 2.83. The fraction of sp³-hybridized carbons (Fsp3) is 0.182. The molecule has 0 unspecified atom stereocenters. The molecule has 1 aromatic carbocycles. The van der Waals surface area contributed by atoms with Crippen LogP contribution in [0.1, 0.15) is 6.92 Å². The van der Waals surface area contributed by atoms with E-state index in [4.69, 9.17) is 16.3 Å². The van der Waals surface area contributed by atoms with Gasteiger partial charge in [0.05, 0.1) is 12.9 Å². The van der Waals surface area contributed by atoms with E-state index in [1.165, 1.54) is 12.3 Å². The fourth-order valence-electron chi connectivity index (χ4n) is 0.956. The molecule has 0 saturated carbocycles. The third-order valence-corrected chi connectivity index (χ3v) is 1.81. The smallest absolute Gasteiger partial charge is 0.251 e. The second-order valence-corrected chi connectivity index (χ2v) is 3.19. The number of hydrogen-bond donors (Lipinski definition) is 1. The largest absolute Gasteiger partial charge is 0.501 e. The Morgan fingerprint density at radius 3 is 3.07 bits per heavy atom. The molecule has 1 rings (SSSR count). The summed E-state index contributed by atoms with van der Waals surface area (Å²) in [4.78, 5) is 11.3. The molecule has 0 heterocycles. The lowest BCUT2D eigenvalue weighted by atomic mass is 10.3. The monoisotopic (exact) mass is 225 g/mol. The number of carbonyl (C=O) groups excluding carboxylic acids is 1. The van der Waals surface area contributed by atoms with Gasteiger partial charge in [-0.3, -0.25) is 4.79 Å². The summed E-state index contributed by atoms with van der Waals surface area (Å²) in [6.45, 7) is 2.39. The van der Waals surface area contributed by atoms with Gasteiger partial charge < -0.3 is 10.1 Å². The summed E-state index contributed by atoms with van der Waals surface area (Å²) < 4.78 is 4.90. The maximum Gasteiger partial charge on any atom is 0.251 e. The van der Waals surface area contributed by atoms with Gasteiger partial charge in [0.1, 0.15) is 0 Å². The second-order valence-electron chi connectivity index (χ2n) is 2.76. The van der Waals surface area contributed by atoms with Crippen LogP contribution in [-0.2, 0) is 9.53 Å². The summed E-state index contributed by atoms with van der Waals surface area (Å²) in [6, 6.07) is 6.95. The first-order chi connectivity index (χ1) is 7.22. The van der Waals surface area contributed by atoms with Crippen molar-refractivity contribution >= 4 is 23.2 Å². The van der Waals surface area contributed by atoms with Crippen molar-refractivity contribution in [3.8, 4) is 0 Å². The molecule has 0 bridgehead atoms. The minimum atomic E-state index is -0.245. The lowest BCUT2D eigenvalue weighted by Crippen LogP contribution is -2.07. The number of ether oxygens (including phenoxy) is 1. The second kappa shape index (κ2) is 6.09. The number of hydrogen-bond acceptors (Lipinski definition) is 2. The van der Waals surface area contributed by atoms with Gasteiger partial charge in [0, 0.05) is 16.8 Å². The molecule has 0 atom stereocenters. The van der Waals surface area contributed by atoms with Crippen LogP contribution in [0.25, 0.3) is 0 Å². The Kier molecular flexibility index (Phi) is 4.71. The van der Waals surface area contributed by atoms with Gasteiger partial charge in [-0.05, 0) is 25.1 Å². The summed E-state index contributed by atoms with van der Waals surface area (Å²) in [5.74, 6) is -0.245. The molecule has 3 nitrogen and oxygen atoms in total. The van der Waals surface area contributed by atoms with Gasteiger partial charge in [-0.15, -0.1) is 0 Å². The van der Waals surface area contributed by atoms with E-state index < -0.39 is 0 Å². The van der Waals surface area contributed by atoms with Crippen molar-refractivity contribution in [2.75, 3.05) is 11.9 Å². The molecule has 0 radical (unpaired) electrons. The molecular formula is C11H12ClNO2. The molecule has 0 fully saturated rings. The van der Waals surface area contributed by atoms with Crippen LogP contribution in [0.5, 0.6) is 0 Å². The minimum Gasteiger partial charge on any atom is -0.501 e. The fourth-order valence-corrected chi connectivity index (χ4v) is 1.15. The molecule has 0 aliphatic heterocycles. The standard InChI is InChI=1S/C11H12ClNO2/c1-2-15-7-6-11(14)13-10-5-3-4-9(12)8-10/h3-8H,2H2,1H3,(H,13,14)/b7-6-. The predicted molar refractivity (Wildman–Crippen MR) is 60.8 cm³/mol. The molecule has 80 valence electrons. The number of halogens is 1. The summed E-state index contributed by atoms with van der Waals surface area (Å²) >= 11 is 5.76. The summed E-state index contributed by atoms with van der Waals surface area (Å²) in [7, 11) is 0. The molecule has 0 spiro atoms. The maximum absolute atomic E-state index is 11.3. The van der Waals surface area contributed by atoms with Gasteiger partial charge in [0.15, 0.2) is 0 Å². The van der Waals surface area contributed by atoms with Crippen LogP contribution in [0, 0.1) is 0 Å². The lowest BCUT2D eigenvalue weighted by Gasteiger charge is -2.01. The number of nitrogens with one attached hydrogen (secondary N) is 1. The summed E-state index contributed by atoms with van der Waals surface area (Å²) in [5.41, 5.74) is 0.661. The van der Waals surface area contributed by atoms with Crippen molar-refractivity contribution in [1.29, 1.82) is 0 Å². The zero-order chi connectivity index (χ0) is 11.1. The molecule has 15 heavy (non-hydrogen) atoms. The van der Waals surface area contributed by atoms with Crippen molar-refractivity contribution in [1.82, 2.24) is 0 Å². The molecule has 0 aliphatic carbocycles. The van der Waals surface area contributed by atoms with E-state index in [9.17, 15) is 4.79 Å². The van der Waals surface area contributed by atoms with Gasteiger partial charge in [0.25, 0.3) is 5.91 Å². The molecule has 1 amide bonds. The molecular weight excluding hydrogens is 214 g/mol. The van der Waals surface area contributed by atoms with E-state index in [1.807, 2.05) is 6.92 Å². The van der Waals surface area contributed by atoms with Gasteiger partial charge in [-0.25, -0.2) is 0 Å². The number of amides is 1. The Morgan fingerprint density at radius 1 is 1.60 bits per heavy atom. The molecule has 0 aromatic heterocycles. The van der Waals surface area contributed by atoms with E-state index in [2.05, 4.69) is 5.32 Å². The molecule has 4 heteroatoms. The Labute approximate surface area is 93.7 Å². The van der Waals surface area contributed by atoms with Crippen LogP contribution >= 0.6 is 11.6 Å². The van der Waals surface area contributed by atoms with Crippen molar-refractivity contribution < 1.29 is 9.53 Å². The van der Waals surface area contributed by atoms with Crippen LogP contribution in [0.4, 0.5) is 5.69 Å². The van der Waals surface area contributed by atoms with Crippen molar-refractivity contribution in [2.45, 2.75) is 6.92 Å². The zero-order valence-electron chi connectivity index (χ0n) is 8.37. The summed E-state index contributed by atoms with van der Waals surface area (Å²) in [5, 5.41) is 3.24. The Hall–Kier alpha value is -1.48. The van der Waals surface area contributed by atoms with Gasteiger partial charge in [-0.2, -0.15) is 0 Å². The first-order valence-corrected chi connectivity index (χ1v) is 4.95. The van der Waals surface area contributed by atoms with Gasteiger partial charge in [-0.1, -0.05) is 17.7 Å². The normalized spacial score (nSPS) is 10.3. The zero-order valence-corrected chi connectivity index (χ0v) is 9.12. The third kappa shape index (κ3) is 4.51. The molecule has 0 saturated heterocycles. The van der Waals surface area contributed by atoms with Crippen LogP contribution < -0.4 is 5.32 Å². The van der Waals surface area contributed by atoms with E-state index in [0.717, 1.165) is 0 Å². The molecule has 0 aliphatic rings. The molecule has 1 aromatic rings. The number of anilines is 1. The Balaban J connectivity index is 2.51. The van der Waals surface area contributed by atoms with Gasteiger partial charge >= 0.3 is 0 Å². The Morgan fingerprint density at radius 2 is 2.40 bits per heavy atom. The molecule has 1 N–H and O–H groups in total. The van der Waals surface area contributed by atoms with Crippen LogP contribution in [0.2, 0.25) is 5.02 Å². The third-order valence-electron chi connectivity index (χ3n) is 1.57. The van der Waals surface area contributed by atoms with E-state index in [0.29, 0.717) is 17.3 Å². The number of benzene rings is 1. The van der Waals surface area contributed by atoms with Crippen molar-refractivity contribution in [3.63, 3.8) is 0 Å². The van der Waals surface area contributed by atoms with E-state index >= 15 is 0 Å². The topological polar surface area (TPSA) is 38.3 Å². The number of rotatable bonds is 4. The van der Waals surface area contributed by atoms with Crippen LogP contribution in [0.3, 0.4) is 0 Å². The summed E-state index contributed by atoms with van der Waals surface area (Å²) in [6.07, 6.45) is 2.68. The Bertz CT molecular complexity index is 363. The minimum absolute atomic E-state index is 0.245. The SMILES string of the molecule is CCO/C=C\C(=O)Nc1cccc(Cl)c1. The van der Waals surface area contributed by atoms with Gasteiger partial charge in [0.2, 0.25) is 0 Å². The van der Waals surface area contributed by atoms with Crippen molar-refractivity contribution in [3.05, 3.63) is 41.6 Å². The maximum atomic E-state index is 11.3. The van der Waals surface area contributed by atoms with Crippen LogP contribution in [0.15, 0.2) is 36.6 Å². The van der Waals surface area contributed by atoms with Crippen LogP contribution in [-0.4, -0.2) is 12.5 Å². The highest BCUT2D eigenvalue weighted by molar-refractivity contribution is 6.30. The lowest BCUT2D eigenvalue weighted by molar-refractivity contribution is -0.112.